The van der Waals surface area contributed by atoms with Crippen molar-refractivity contribution in [2.75, 3.05) is 10.1 Å². The average Bonchev–Trinajstić information content (AvgIpc) is 2.77. The van der Waals surface area contributed by atoms with Crippen molar-refractivity contribution in [3.05, 3.63) is 28.9 Å². The Labute approximate surface area is 121 Å². The molecule has 0 bridgehead atoms. The number of nitrogens with one attached hydrogen (secondary N) is 2. The summed E-state index contributed by atoms with van der Waals surface area (Å²) in [5.74, 6) is 5.30. The van der Waals surface area contributed by atoms with Crippen LogP contribution in [0.5, 0.6) is 0 Å². The minimum Gasteiger partial charge on any atom is -0.321 e. The van der Waals surface area contributed by atoms with E-state index in [1.54, 1.807) is 6.07 Å². The van der Waals surface area contributed by atoms with Crippen LogP contribution in [-0.2, 0) is 16.4 Å². The maximum Gasteiger partial charge on any atom is 0.283 e. The first-order valence-electron chi connectivity index (χ1n) is 5.88. The van der Waals surface area contributed by atoms with Crippen molar-refractivity contribution in [1.29, 1.82) is 0 Å². The lowest BCUT2D eigenvalue weighted by atomic mass is 10.3. The van der Waals surface area contributed by atoms with Gasteiger partial charge < -0.3 is 5.43 Å². The fraction of sp³-hybridized carbons (Fsp3) is 0.273. The van der Waals surface area contributed by atoms with Crippen LogP contribution in [0.1, 0.15) is 17.5 Å². The summed E-state index contributed by atoms with van der Waals surface area (Å²) in [4.78, 5) is 9.08. The van der Waals surface area contributed by atoms with Crippen LogP contribution in [-0.4, -0.2) is 18.4 Å². The average molecular weight is 313 g/mol. The van der Waals surface area contributed by atoms with Crippen LogP contribution in [0, 0.1) is 6.92 Å². The van der Waals surface area contributed by atoms with Gasteiger partial charge in [0.05, 0.1) is 11.4 Å². The summed E-state index contributed by atoms with van der Waals surface area (Å²) >= 11 is 1.29. The van der Waals surface area contributed by atoms with Gasteiger partial charge in [-0.1, -0.05) is 6.92 Å². The van der Waals surface area contributed by atoms with Crippen molar-refractivity contribution in [1.82, 2.24) is 9.97 Å². The van der Waals surface area contributed by atoms with Gasteiger partial charge in [0, 0.05) is 11.1 Å². The molecular formula is C11H15N5O2S2. The number of nitrogens with zero attached hydrogens (tertiary/aromatic N) is 2. The Balaban J connectivity index is 2.35. The zero-order chi connectivity index (χ0) is 14.8. The molecule has 0 fully saturated rings. The number of rotatable bonds is 5. The molecule has 4 N–H and O–H groups in total. The summed E-state index contributed by atoms with van der Waals surface area (Å²) in [7, 11) is -3.82. The fourth-order valence-corrected chi connectivity index (χ4v) is 3.92. The molecule has 20 heavy (non-hydrogen) atoms. The highest BCUT2D eigenvalue weighted by Gasteiger charge is 2.21. The van der Waals surface area contributed by atoms with Crippen LogP contribution >= 0.6 is 11.3 Å². The number of hydrogen-bond acceptors (Lipinski definition) is 7. The molecule has 2 heterocycles. The second-order valence-electron chi connectivity index (χ2n) is 3.98. The summed E-state index contributed by atoms with van der Waals surface area (Å²) in [5.41, 5.74) is 3.42. The number of aryl methyl sites for hydroxylation is 2. The van der Waals surface area contributed by atoms with Gasteiger partial charge in [-0.25, -0.2) is 9.97 Å². The Hall–Kier alpha value is -1.71. The third kappa shape index (κ3) is 2.89. The van der Waals surface area contributed by atoms with Crippen LogP contribution in [0.25, 0.3) is 0 Å². The molecular weight excluding hydrogens is 298 g/mol. The Morgan fingerprint density at radius 2 is 2.20 bits per heavy atom. The number of sulfonamides is 1. The van der Waals surface area contributed by atoms with Crippen LogP contribution < -0.4 is 16.0 Å². The van der Waals surface area contributed by atoms with E-state index in [-0.39, 0.29) is 10.7 Å². The predicted molar refractivity (Wildman–Crippen MR) is 79.1 cm³/mol. The second kappa shape index (κ2) is 5.73. The topological polar surface area (TPSA) is 110 Å². The number of thiazole rings is 1. The van der Waals surface area contributed by atoms with Crippen molar-refractivity contribution in [3.63, 3.8) is 0 Å². The molecule has 0 atom stereocenters. The summed E-state index contributed by atoms with van der Waals surface area (Å²) in [5, 5.41) is 0.168. The summed E-state index contributed by atoms with van der Waals surface area (Å²) in [6, 6.07) is 3.13. The summed E-state index contributed by atoms with van der Waals surface area (Å²) in [6.45, 7) is 3.87. The first-order chi connectivity index (χ1) is 9.47. The predicted octanol–water partition coefficient (Wildman–Crippen LogP) is 1.50. The Morgan fingerprint density at radius 3 is 2.80 bits per heavy atom. The zero-order valence-corrected chi connectivity index (χ0v) is 12.7. The number of hydrazine groups is 1. The quantitative estimate of drug-likeness (QED) is 0.570. The molecule has 0 aliphatic carbocycles. The van der Waals surface area contributed by atoms with Crippen LogP contribution in [0.2, 0.25) is 0 Å². The molecule has 7 nitrogen and oxygen atoms in total. The lowest BCUT2D eigenvalue weighted by Crippen LogP contribution is -2.18. The minimum atomic E-state index is -3.82. The highest BCUT2D eigenvalue weighted by molar-refractivity contribution is 7.93. The maximum atomic E-state index is 12.3. The normalized spacial score (nSPS) is 11.3. The first-order valence-corrected chi connectivity index (χ1v) is 8.18. The van der Waals surface area contributed by atoms with E-state index in [4.69, 9.17) is 5.84 Å². The van der Waals surface area contributed by atoms with Gasteiger partial charge in [-0.2, -0.15) is 8.42 Å². The molecule has 9 heteroatoms. The van der Waals surface area contributed by atoms with Crippen LogP contribution in [0.15, 0.2) is 23.4 Å². The maximum absolute atomic E-state index is 12.3. The van der Waals surface area contributed by atoms with Gasteiger partial charge in [0.2, 0.25) is 5.03 Å². The molecule has 0 aromatic carbocycles. The molecule has 0 radical (unpaired) electrons. The largest absolute Gasteiger partial charge is 0.321 e. The van der Waals surface area contributed by atoms with E-state index < -0.39 is 10.0 Å². The number of nitrogens with two attached hydrogens (primary N) is 1. The van der Waals surface area contributed by atoms with E-state index in [0.29, 0.717) is 5.13 Å². The van der Waals surface area contributed by atoms with E-state index in [9.17, 15) is 8.42 Å². The Morgan fingerprint density at radius 1 is 1.45 bits per heavy atom. The van der Waals surface area contributed by atoms with E-state index in [2.05, 4.69) is 20.1 Å². The van der Waals surface area contributed by atoms with E-state index >= 15 is 0 Å². The molecule has 0 saturated heterocycles. The summed E-state index contributed by atoms with van der Waals surface area (Å²) in [6.07, 6.45) is 2.14. The monoisotopic (exact) mass is 313 g/mol. The lowest BCUT2D eigenvalue weighted by molar-refractivity contribution is 0.598. The lowest BCUT2D eigenvalue weighted by Gasteiger charge is -2.08. The van der Waals surface area contributed by atoms with Gasteiger partial charge >= 0.3 is 0 Å². The van der Waals surface area contributed by atoms with Crippen LogP contribution in [0.4, 0.5) is 10.8 Å². The number of aromatic nitrogens is 2. The minimum absolute atomic E-state index is 0.159. The van der Waals surface area contributed by atoms with Crippen molar-refractivity contribution in [2.24, 2.45) is 5.84 Å². The Bertz CT molecular complexity index is 711. The molecule has 0 aliphatic rings. The van der Waals surface area contributed by atoms with Crippen molar-refractivity contribution in [3.8, 4) is 0 Å². The molecule has 0 saturated carbocycles. The molecule has 0 spiro atoms. The Kier molecular flexibility index (Phi) is 4.21. The van der Waals surface area contributed by atoms with E-state index in [1.165, 1.54) is 23.6 Å². The molecule has 2 aromatic rings. The summed E-state index contributed by atoms with van der Waals surface area (Å²) < 4.78 is 27.0. The standard InChI is InChI=1S/C11H15N5O2S2/c1-3-8-7(2)19-11(14-8)16-20(17,18)10-9(15-12)5-4-6-13-10/h4-6,15H,3,12H2,1-2H3,(H,14,16). The van der Waals surface area contributed by atoms with Crippen molar-refractivity contribution >= 4 is 32.2 Å². The van der Waals surface area contributed by atoms with Crippen molar-refractivity contribution < 1.29 is 8.42 Å². The fourth-order valence-electron chi connectivity index (χ4n) is 1.68. The van der Waals surface area contributed by atoms with Gasteiger partial charge in [0.25, 0.3) is 10.0 Å². The highest BCUT2D eigenvalue weighted by atomic mass is 32.2. The molecule has 0 amide bonds. The number of nitrogen functional groups attached to an aromatic ring is 1. The molecule has 0 aliphatic heterocycles. The molecule has 2 aromatic heterocycles. The van der Waals surface area contributed by atoms with Gasteiger partial charge in [-0.15, -0.1) is 11.3 Å². The van der Waals surface area contributed by atoms with Gasteiger partial charge in [-0.3, -0.25) is 10.6 Å². The smallest absolute Gasteiger partial charge is 0.283 e. The van der Waals surface area contributed by atoms with Gasteiger partial charge in [0.15, 0.2) is 5.13 Å². The van der Waals surface area contributed by atoms with E-state index in [0.717, 1.165) is 17.0 Å². The van der Waals surface area contributed by atoms with Gasteiger partial charge in [-0.05, 0) is 25.5 Å². The number of anilines is 2. The van der Waals surface area contributed by atoms with Gasteiger partial charge in [0.1, 0.15) is 0 Å². The molecule has 2 rings (SSSR count). The third-order valence-corrected chi connectivity index (χ3v) is 4.98. The molecule has 108 valence electrons. The number of pyridine rings is 1. The van der Waals surface area contributed by atoms with Crippen LogP contribution in [0.3, 0.4) is 0 Å². The molecule has 0 unspecified atom stereocenters. The van der Waals surface area contributed by atoms with Crippen molar-refractivity contribution in [2.45, 2.75) is 25.3 Å². The zero-order valence-electron chi connectivity index (χ0n) is 11.0. The number of hydrogen-bond donors (Lipinski definition) is 3. The highest BCUT2D eigenvalue weighted by Crippen LogP contribution is 2.26. The SMILES string of the molecule is CCc1nc(NS(=O)(=O)c2ncccc2NN)sc1C. The first kappa shape index (κ1) is 14.7. The van der Waals surface area contributed by atoms with E-state index in [1.807, 2.05) is 13.8 Å². The third-order valence-electron chi connectivity index (χ3n) is 2.63. The second-order valence-corrected chi connectivity index (χ2v) is 6.78.